The third kappa shape index (κ3) is 7.21. The number of ether oxygens (including phenoxy) is 1. The Morgan fingerprint density at radius 2 is 1.81 bits per heavy atom. The fourth-order valence-electron chi connectivity index (χ4n) is 4.20. The second kappa shape index (κ2) is 10.1. The van der Waals surface area contributed by atoms with Gasteiger partial charge in [0.2, 0.25) is 0 Å². The second-order valence-corrected chi connectivity index (χ2v) is 9.54. The van der Waals surface area contributed by atoms with Crippen LogP contribution in [-0.4, -0.2) is 18.8 Å². The van der Waals surface area contributed by atoms with Crippen molar-refractivity contribution < 1.29 is 4.74 Å². The maximum Gasteiger partial charge on any atom is 0.0629 e. The summed E-state index contributed by atoms with van der Waals surface area (Å²) in [7, 11) is 0. The summed E-state index contributed by atoms with van der Waals surface area (Å²) in [4.78, 5) is 0. The zero-order valence-corrected chi connectivity index (χ0v) is 18.1. The van der Waals surface area contributed by atoms with Crippen LogP contribution in [0, 0.1) is 17.8 Å². The highest BCUT2D eigenvalue weighted by Crippen LogP contribution is 2.37. The topological polar surface area (TPSA) is 21.3 Å². The molecular weight excluding hydrogens is 342 g/mol. The number of rotatable bonds is 9. The van der Waals surface area contributed by atoms with Gasteiger partial charge in [-0.2, -0.15) is 0 Å². The Morgan fingerprint density at radius 3 is 2.42 bits per heavy atom. The molecule has 1 aromatic carbocycles. The van der Waals surface area contributed by atoms with Crippen LogP contribution in [0.5, 0.6) is 0 Å². The first-order chi connectivity index (χ1) is 12.3. The molecule has 1 saturated heterocycles. The van der Waals surface area contributed by atoms with Crippen molar-refractivity contribution in [3.05, 3.63) is 34.9 Å². The lowest BCUT2D eigenvalue weighted by Crippen LogP contribution is -2.37. The largest absolute Gasteiger partial charge is 0.376 e. The van der Waals surface area contributed by atoms with E-state index in [4.69, 9.17) is 16.3 Å². The molecule has 148 valence electrons. The van der Waals surface area contributed by atoms with E-state index in [1.165, 1.54) is 37.7 Å². The van der Waals surface area contributed by atoms with E-state index in [2.05, 4.69) is 52.1 Å². The molecule has 26 heavy (non-hydrogen) atoms. The Bertz CT molecular complexity index is 526. The Hall–Kier alpha value is -0.570. The quantitative estimate of drug-likeness (QED) is 0.519. The van der Waals surface area contributed by atoms with Crippen LogP contribution in [0.1, 0.15) is 78.3 Å². The van der Waals surface area contributed by atoms with Crippen molar-refractivity contribution in [2.75, 3.05) is 13.2 Å². The minimum Gasteiger partial charge on any atom is -0.376 e. The van der Waals surface area contributed by atoms with E-state index in [1.807, 2.05) is 12.1 Å². The van der Waals surface area contributed by atoms with Gasteiger partial charge in [0.25, 0.3) is 0 Å². The molecule has 1 heterocycles. The molecule has 0 bridgehead atoms. The van der Waals surface area contributed by atoms with Gasteiger partial charge >= 0.3 is 0 Å². The Kier molecular flexibility index (Phi) is 8.44. The molecule has 3 atom stereocenters. The molecule has 0 radical (unpaired) electrons. The summed E-state index contributed by atoms with van der Waals surface area (Å²) >= 11 is 6.00. The van der Waals surface area contributed by atoms with Gasteiger partial charge in [0.1, 0.15) is 0 Å². The maximum absolute atomic E-state index is 6.00. The number of hydrogen-bond donors (Lipinski definition) is 1. The maximum atomic E-state index is 6.00. The van der Waals surface area contributed by atoms with Gasteiger partial charge in [-0.15, -0.1) is 0 Å². The van der Waals surface area contributed by atoms with Gasteiger partial charge in [-0.1, -0.05) is 44.0 Å². The third-order valence-electron chi connectivity index (χ3n) is 5.85. The SMILES string of the molecule is CC(C)CC[C@H](CCN[C@H](C)c1ccc(Cl)cc1)[C@@H]1CCOC(C)(C)C1. The van der Waals surface area contributed by atoms with E-state index in [1.54, 1.807) is 0 Å². The summed E-state index contributed by atoms with van der Waals surface area (Å²) in [5.74, 6) is 2.38. The molecule has 3 heteroatoms. The highest BCUT2D eigenvalue weighted by Gasteiger charge is 2.33. The van der Waals surface area contributed by atoms with E-state index < -0.39 is 0 Å². The highest BCUT2D eigenvalue weighted by atomic mass is 35.5. The van der Waals surface area contributed by atoms with Crippen molar-refractivity contribution in [1.82, 2.24) is 5.32 Å². The Balaban J connectivity index is 1.88. The lowest BCUT2D eigenvalue weighted by Gasteiger charge is -2.39. The van der Waals surface area contributed by atoms with Crippen LogP contribution in [0.4, 0.5) is 0 Å². The molecular formula is C23H38ClNO. The van der Waals surface area contributed by atoms with Crippen molar-refractivity contribution in [3.8, 4) is 0 Å². The molecule has 1 aromatic rings. The molecule has 0 amide bonds. The first-order valence-corrected chi connectivity index (χ1v) is 10.8. The summed E-state index contributed by atoms with van der Waals surface area (Å²) < 4.78 is 5.96. The summed E-state index contributed by atoms with van der Waals surface area (Å²) in [5, 5.41) is 4.52. The summed E-state index contributed by atoms with van der Waals surface area (Å²) in [6, 6.07) is 8.56. The molecule has 1 aliphatic rings. The molecule has 0 aromatic heterocycles. The van der Waals surface area contributed by atoms with Crippen LogP contribution >= 0.6 is 11.6 Å². The van der Waals surface area contributed by atoms with Gasteiger partial charge in [0.05, 0.1) is 5.60 Å². The van der Waals surface area contributed by atoms with Crippen LogP contribution in [0.15, 0.2) is 24.3 Å². The van der Waals surface area contributed by atoms with Crippen molar-refractivity contribution in [2.24, 2.45) is 17.8 Å². The Labute approximate surface area is 166 Å². The minimum absolute atomic E-state index is 0.0447. The number of benzene rings is 1. The molecule has 1 aliphatic heterocycles. The number of halogens is 1. The van der Waals surface area contributed by atoms with Crippen LogP contribution in [0.2, 0.25) is 5.02 Å². The van der Waals surface area contributed by atoms with Gasteiger partial charge < -0.3 is 10.1 Å². The van der Waals surface area contributed by atoms with E-state index in [0.29, 0.717) is 6.04 Å². The molecule has 1 fully saturated rings. The predicted molar refractivity (Wildman–Crippen MR) is 113 cm³/mol. The first-order valence-electron chi connectivity index (χ1n) is 10.4. The third-order valence-corrected chi connectivity index (χ3v) is 6.10. The Morgan fingerprint density at radius 1 is 1.12 bits per heavy atom. The lowest BCUT2D eigenvalue weighted by atomic mass is 9.75. The predicted octanol–water partition coefficient (Wildman–Crippen LogP) is 6.64. The molecule has 2 nitrogen and oxygen atoms in total. The van der Waals surface area contributed by atoms with Gasteiger partial charge in [-0.3, -0.25) is 0 Å². The van der Waals surface area contributed by atoms with E-state index in [-0.39, 0.29) is 5.60 Å². The van der Waals surface area contributed by atoms with Crippen LogP contribution in [0.3, 0.4) is 0 Å². The van der Waals surface area contributed by atoms with E-state index in [9.17, 15) is 0 Å². The van der Waals surface area contributed by atoms with Crippen molar-refractivity contribution in [3.63, 3.8) is 0 Å². The monoisotopic (exact) mass is 379 g/mol. The second-order valence-electron chi connectivity index (χ2n) is 9.11. The average molecular weight is 380 g/mol. The van der Waals surface area contributed by atoms with E-state index in [0.717, 1.165) is 35.9 Å². The summed E-state index contributed by atoms with van der Waals surface area (Å²) in [6.07, 6.45) is 6.34. The zero-order valence-electron chi connectivity index (χ0n) is 17.4. The fourth-order valence-corrected chi connectivity index (χ4v) is 4.33. The fraction of sp³-hybridized carbons (Fsp3) is 0.739. The zero-order chi connectivity index (χ0) is 19.2. The molecule has 0 aliphatic carbocycles. The molecule has 0 unspecified atom stereocenters. The highest BCUT2D eigenvalue weighted by molar-refractivity contribution is 6.30. The van der Waals surface area contributed by atoms with Crippen LogP contribution in [-0.2, 0) is 4.74 Å². The lowest BCUT2D eigenvalue weighted by molar-refractivity contribution is -0.0840. The number of nitrogens with one attached hydrogen (secondary N) is 1. The molecule has 0 spiro atoms. The van der Waals surface area contributed by atoms with Gasteiger partial charge in [-0.05, 0) is 88.4 Å². The van der Waals surface area contributed by atoms with E-state index >= 15 is 0 Å². The van der Waals surface area contributed by atoms with Gasteiger partial charge in [0.15, 0.2) is 0 Å². The van der Waals surface area contributed by atoms with Crippen LogP contribution < -0.4 is 5.32 Å². The smallest absolute Gasteiger partial charge is 0.0629 e. The van der Waals surface area contributed by atoms with Crippen molar-refractivity contribution in [2.45, 2.75) is 78.4 Å². The minimum atomic E-state index is 0.0447. The first kappa shape index (κ1) is 21.7. The van der Waals surface area contributed by atoms with Gasteiger partial charge in [0, 0.05) is 17.7 Å². The van der Waals surface area contributed by atoms with Crippen molar-refractivity contribution in [1.29, 1.82) is 0 Å². The average Bonchev–Trinajstić information content (AvgIpc) is 2.57. The van der Waals surface area contributed by atoms with Crippen LogP contribution in [0.25, 0.3) is 0 Å². The number of hydrogen-bond acceptors (Lipinski definition) is 2. The summed E-state index contributed by atoms with van der Waals surface area (Å²) in [5.41, 5.74) is 1.35. The summed E-state index contributed by atoms with van der Waals surface area (Å²) in [6.45, 7) is 13.4. The van der Waals surface area contributed by atoms with Gasteiger partial charge in [-0.25, -0.2) is 0 Å². The normalized spacial score (nSPS) is 22.3. The molecule has 0 saturated carbocycles. The van der Waals surface area contributed by atoms with Crippen molar-refractivity contribution >= 4 is 11.6 Å². The standard InChI is InChI=1S/C23H38ClNO/c1-17(2)6-7-20(21-13-15-26-23(4,5)16-21)12-14-25-18(3)19-8-10-22(24)11-9-19/h8-11,17-18,20-21,25H,6-7,12-16H2,1-5H3/t18-,20-,21-/m1/s1. The molecule has 1 N–H and O–H groups in total. The molecule has 2 rings (SSSR count).